The fourth-order valence-corrected chi connectivity index (χ4v) is 8.97. The van der Waals surface area contributed by atoms with Crippen molar-refractivity contribution in [3.63, 3.8) is 0 Å². The zero-order valence-electron chi connectivity index (χ0n) is 34.6. The first-order valence-electron chi connectivity index (χ1n) is 22.0. The minimum atomic E-state index is 0.509. The molecule has 0 aliphatic heterocycles. The van der Waals surface area contributed by atoms with Crippen LogP contribution in [-0.2, 0) is 0 Å². The molecule has 0 amide bonds. The van der Waals surface area contributed by atoms with Crippen LogP contribution in [0.3, 0.4) is 0 Å². The van der Waals surface area contributed by atoms with Gasteiger partial charge in [0.25, 0.3) is 0 Å². The third kappa shape index (κ3) is 7.63. The van der Waals surface area contributed by atoms with Crippen molar-refractivity contribution in [3.8, 4) is 56.0 Å². The summed E-state index contributed by atoms with van der Waals surface area (Å²) in [5.74, 6) is 3.45. The van der Waals surface area contributed by atoms with Gasteiger partial charge in [0.05, 0.1) is 11.4 Å². The van der Waals surface area contributed by atoms with E-state index in [0.29, 0.717) is 11.7 Å². The number of hydrogen-bond donors (Lipinski definition) is 0. The lowest BCUT2D eigenvalue weighted by Gasteiger charge is -2.16. The summed E-state index contributed by atoms with van der Waals surface area (Å²) in [6.45, 7) is 0. The van der Waals surface area contributed by atoms with Crippen LogP contribution < -0.4 is 0 Å². The molecule has 1 unspecified atom stereocenters. The third-order valence-electron chi connectivity index (χ3n) is 12.3. The van der Waals surface area contributed by atoms with Gasteiger partial charge in [-0.3, -0.25) is 0 Å². The molecule has 0 bridgehead atoms. The average molecular weight is 800 g/mol. The second kappa shape index (κ2) is 16.6. The van der Waals surface area contributed by atoms with E-state index in [1.54, 1.807) is 0 Å². The quantitative estimate of drug-likeness (QED) is 0.146. The summed E-state index contributed by atoms with van der Waals surface area (Å²) in [4.78, 5) is 25.6. The van der Waals surface area contributed by atoms with E-state index in [-0.39, 0.29) is 0 Å². The summed E-state index contributed by atoms with van der Waals surface area (Å²) in [5, 5.41) is 0. The Bertz CT molecular complexity index is 3050. The zero-order chi connectivity index (χ0) is 41.2. The van der Waals surface area contributed by atoms with Crippen LogP contribution in [0.5, 0.6) is 0 Å². The first kappa shape index (κ1) is 37.6. The Labute approximate surface area is 363 Å². The maximum absolute atomic E-state index is 5.23. The van der Waals surface area contributed by atoms with Gasteiger partial charge < -0.3 is 0 Å². The van der Waals surface area contributed by atoms with Gasteiger partial charge >= 0.3 is 0 Å². The van der Waals surface area contributed by atoms with Crippen molar-refractivity contribution >= 4 is 22.3 Å². The number of allylic oxidation sites excluding steroid dienone is 18. The lowest BCUT2D eigenvalue weighted by Crippen LogP contribution is -2.06. The SMILES string of the molecule is C1=CCCC(c2nc(C3=CCCC=C3)nc(-c3cccc(-c4ccccc4-c4ccccc4-c4cccc(-c5cc(C6=CC=CCC7C=C67)nc(C6=CCCC=C6)n5)c4)c3)n2)=C1. The molecule has 11 rings (SSSR count). The average Bonchev–Trinajstić information content (AvgIpc) is 4.16. The van der Waals surface area contributed by atoms with Crippen molar-refractivity contribution in [3.05, 3.63) is 211 Å². The van der Waals surface area contributed by atoms with E-state index in [4.69, 9.17) is 24.9 Å². The van der Waals surface area contributed by atoms with Crippen LogP contribution >= 0.6 is 0 Å². The van der Waals surface area contributed by atoms with E-state index in [1.165, 1.54) is 11.1 Å². The summed E-state index contributed by atoms with van der Waals surface area (Å²) in [6.07, 6.45) is 35.7. The van der Waals surface area contributed by atoms with Crippen LogP contribution in [0, 0.1) is 5.92 Å². The highest BCUT2D eigenvalue weighted by molar-refractivity contribution is 5.93. The van der Waals surface area contributed by atoms with Crippen LogP contribution in [0.4, 0.5) is 0 Å². The lowest BCUT2D eigenvalue weighted by atomic mass is 9.88. The molecule has 5 aliphatic carbocycles. The number of aromatic nitrogens is 5. The van der Waals surface area contributed by atoms with Gasteiger partial charge in [0, 0.05) is 33.8 Å². The minimum absolute atomic E-state index is 0.509. The van der Waals surface area contributed by atoms with Gasteiger partial charge in [-0.25, -0.2) is 24.9 Å². The van der Waals surface area contributed by atoms with Gasteiger partial charge in [0.2, 0.25) is 0 Å². The summed E-state index contributed by atoms with van der Waals surface area (Å²) in [7, 11) is 0. The fourth-order valence-electron chi connectivity index (χ4n) is 8.97. The first-order valence-corrected chi connectivity index (χ1v) is 22.0. The van der Waals surface area contributed by atoms with Gasteiger partial charge in [-0.15, -0.1) is 0 Å². The number of rotatable bonds is 9. The summed E-state index contributed by atoms with van der Waals surface area (Å²) < 4.78 is 0. The summed E-state index contributed by atoms with van der Waals surface area (Å²) >= 11 is 0. The fraction of sp³-hybridized carbons (Fsp3) is 0.140. The second-order valence-corrected chi connectivity index (χ2v) is 16.4. The highest BCUT2D eigenvalue weighted by atomic mass is 15.0. The Morgan fingerprint density at radius 2 is 1.03 bits per heavy atom. The molecular formula is C57H45N5. The standard InChI is InChI=1S/C57H45N5/c1-4-18-38(19-5-1)54-58-52(37-53(59-54)50-33-11-10-24-43-36-51(43)50)44-27-16-25-41(34-44)46-29-12-14-31-48(46)49-32-15-13-30-47(49)42-26-17-28-45(35-42)57-61-55(39-20-6-2-7-21-39)60-56(62-57)40-22-8-3-9-23-40/h2,4,6,8,10-20,22-23,25-37,43H,1,3,5,7,9,21,24H2. The molecule has 0 saturated heterocycles. The van der Waals surface area contributed by atoms with Crippen LogP contribution in [0.15, 0.2) is 188 Å². The van der Waals surface area contributed by atoms with Crippen LogP contribution in [0.1, 0.15) is 68.1 Å². The Morgan fingerprint density at radius 1 is 0.435 bits per heavy atom. The maximum Gasteiger partial charge on any atom is 0.164 e. The van der Waals surface area contributed by atoms with Gasteiger partial charge in [0.15, 0.2) is 23.3 Å². The molecule has 0 fully saturated rings. The van der Waals surface area contributed by atoms with Gasteiger partial charge in [-0.1, -0.05) is 164 Å². The van der Waals surface area contributed by atoms with Gasteiger partial charge in [-0.05, 0) is 108 Å². The smallest absolute Gasteiger partial charge is 0.164 e. The molecule has 298 valence electrons. The number of hydrogen-bond acceptors (Lipinski definition) is 5. The topological polar surface area (TPSA) is 64.5 Å². The predicted molar refractivity (Wildman–Crippen MR) is 255 cm³/mol. The molecule has 4 aromatic carbocycles. The number of fused-ring (bicyclic) bond motifs is 1. The molecule has 0 spiro atoms. The maximum atomic E-state index is 5.23. The molecule has 2 heterocycles. The lowest BCUT2D eigenvalue weighted by molar-refractivity contribution is 0.925. The van der Waals surface area contributed by atoms with Crippen molar-refractivity contribution in [1.29, 1.82) is 0 Å². The van der Waals surface area contributed by atoms with Crippen LogP contribution in [0.2, 0.25) is 0 Å². The second-order valence-electron chi connectivity index (χ2n) is 16.4. The van der Waals surface area contributed by atoms with Crippen molar-refractivity contribution in [1.82, 2.24) is 24.9 Å². The molecule has 5 aliphatic rings. The molecule has 2 aromatic heterocycles. The van der Waals surface area contributed by atoms with Crippen molar-refractivity contribution < 1.29 is 0 Å². The van der Waals surface area contributed by atoms with Gasteiger partial charge in [-0.2, -0.15) is 0 Å². The molecule has 6 aromatic rings. The Kier molecular flexibility index (Phi) is 10.1. The molecule has 0 N–H and O–H groups in total. The third-order valence-corrected chi connectivity index (χ3v) is 12.3. The molecule has 0 saturated carbocycles. The molecule has 62 heavy (non-hydrogen) atoms. The highest BCUT2D eigenvalue weighted by Gasteiger charge is 2.30. The van der Waals surface area contributed by atoms with E-state index in [1.807, 2.05) is 0 Å². The number of benzene rings is 4. The van der Waals surface area contributed by atoms with E-state index in [2.05, 4.69) is 182 Å². The number of nitrogens with zero attached hydrogens (tertiary/aromatic N) is 5. The van der Waals surface area contributed by atoms with E-state index in [9.17, 15) is 0 Å². The molecule has 0 radical (unpaired) electrons. The van der Waals surface area contributed by atoms with Crippen molar-refractivity contribution in [2.24, 2.45) is 5.92 Å². The predicted octanol–water partition coefficient (Wildman–Crippen LogP) is 14.1. The molecular weight excluding hydrogens is 755 g/mol. The van der Waals surface area contributed by atoms with Crippen LogP contribution in [-0.4, -0.2) is 24.9 Å². The highest BCUT2D eigenvalue weighted by Crippen LogP contribution is 2.45. The molecule has 5 nitrogen and oxygen atoms in total. The summed E-state index contributed by atoms with van der Waals surface area (Å²) in [6, 6.07) is 37.1. The van der Waals surface area contributed by atoms with Crippen molar-refractivity contribution in [2.45, 2.75) is 44.9 Å². The minimum Gasteiger partial charge on any atom is -0.228 e. The Hall–Kier alpha value is -7.37. The van der Waals surface area contributed by atoms with Crippen molar-refractivity contribution in [2.75, 3.05) is 0 Å². The monoisotopic (exact) mass is 799 g/mol. The zero-order valence-corrected chi connectivity index (χ0v) is 34.6. The Balaban J connectivity index is 0.977. The largest absolute Gasteiger partial charge is 0.228 e. The molecule has 1 atom stereocenters. The summed E-state index contributed by atoms with van der Waals surface area (Å²) in [5.41, 5.74) is 16.6. The van der Waals surface area contributed by atoms with Gasteiger partial charge in [0.1, 0.15) is 0 Å². The van der Waals surface area contributed by atoms with E-state index < -0.39 is 0 Å². The Morgan fingerprint density at radius 3 is 1.71 bits per heavy atom. The van der Waals surface area contributed by atoms with E-state index in [0.717, 1.165) is 135 Å². The molecule has 5 heteroatoms. The van der Waals surface area contributed by atoms with E-state index >= 15 is 0 Å². The normalized spacial score (nSPS) is 17.6. The van der Waals surface area contributed by atoms with Crippen LogP contribution in [0.25, 0.3) is 78.3 Å². The first-order chi connectivity index (χ1) is 30.7.